The SMILES string of the molecule is CCc1ccc(C(NCC2CC2)c2ccc(F)c(NC(=O)c3cc(C)nn3-c3cccc(CN)c3)c2)cc1.Cc1ccc(C(NCC2CC2)c2cccc(NC(=O)c3cc(C)nn3-c3cccc(CN)c3)c2)cc1.Cc1cccc(C(NCC2CC2)c2ccc(F)c(NC(=O)c3cc(C)nn3-c3cccc(CN)c3)c2)c1.Cc1cccc(C(NCC2CC2)c2cccc(NC(=O)c3cc(C)nn3-c3cccc(CN)c3)c2)c1. The molecule has 12 aromatic carbocycles. The van der Waals surface area contributed by atoms with E-state index in [0.29, 0.717) is 72.2 Å². The number of hydrogen-bond acceptors (Lipinski definition) is 16. The van der Waals surface area contributed by atoms with Gasteiger partial charge in [-0.1, -0.05) is 206 Å². The molecule has 20 rings (SSSR count). The van der Waals surface area contributed by atoms with Crippen molar-refractivity contribution in [2.24, 2.45) is 46.6 Å². The Labute approximate surface area is 859 Å². The Morgan fingerprint density at radius 3 is 0.844 bits per heavy atom. The van der Waals surface area contributed by atoms with E-state index < -0.39 is 23.4 Å². The third kappa shape index (κ3) is 27.6. The summed E-state index contributed by atoms with van der Waals surface area (Å²) in [6.45, 7) is 21.2. The van der Waals surface area contributed by atoms with Gasteiger partial charge in [0.1, 0.15) is 34.4 Å². The average molecular weight is 1970 g/mol. The molecule has 0 bridgehead atoms. The highest BCUT2D eigenvalue weighted by atomic mass is 19.1. The Kier molecular flexibility index (Phi) is 33.9. The second kappa shape index (κ2) is 48.3. The molecule has 4 fully saturated rings. The van der Waals surface area contributed by atoms with E-state index in [1.807, 2.05) is 155 Å². The fourth-order valence-corrected chi connectivity index (χ4v) is 18.2. The van der Waals surface area contributed by atoms with Gasteiger partial charge in [-0.2, -0.15) is 20.4 Å². The van der Waals surface area contributed by atoms with Gasteiger partial charge in [0, 0.05) is 37.6 Å². The molecule has 0 saturated heterocycles. The predicted octanol–water partition coefficient (Wildman–Crippen LogP) is 21.7. The van der Waals surface area contributed by atoms with Crippen molar-refractivity contribution in [3.8, 4) is 22.7 Å². The number of aromatic nitrogens is 8. The molecular weight excluding hydrogens is 1840 g/mol. The first-order valence-corrected chi connectivity index (χ1v) is 51.1. The van der Waals surface area contributed by atoms with Crippen LogP contribution in [0.3, 0.4) is 0 Å². The van der Waals surface area contributed by atoms with Gasteiger partial charge in [0.15, 0.2) is 0 Å². The molecule has 0 aliphatic heterocycles. The summed E-state index contributed by atoms with van der Waals surface area (Å²) in [5, 5.41) is 44.7. The standard InChI is InChI=1S/C31H34FN5O.C30H32FN5O.2C30H33N5O/c1-3-21-9-11-24(12-10-21)30(34-19-22-7-8-22)25-13-14-27(32)28(17-25)35-31(38)29-15-20(2)36-37(29)26-6-4-5-23(16-26)18-33;1-19-5-3-7-23(13-19)29(33-18-21-9-10-21)24-11-12-26(31)27(16-24)34-30(37)28-14-20(2)35-36(28)25-8-4-6-22(15-25)17-32;1-20-6-3-8-24(14-20)29(32-19-22-12-13-22)25-9-5-10-26(17-25)33-30(36)28-15-21(2)34-35(28)27-11-4-7-23(16-27)18-31;1-20-9-13-24(14-10-20)29(32-19-22-11-12-22)25-6-4-7-26(17-25)33-30(36)28-15-21(2)34-35(28)27-8-3-5-23(16-27)18-31/h4-6,9-17,22,30,34H,3,7-8,18-19,33H2,1-2H3,(H,35,38);3-8,11-16,21,29,33H,9-10,17-18,32H2,1-2H3,(H,34,37);3-11,14-17,22,29,32H,12-13,18-19,31H2,1-2H3,(H,33,36);3-10,13-17,22,29,32H,11-12,18-19,31H2,1-2H3,(H,33,36). The van der Waals surface area contributed by atoms with E-state index in [-0.39, 0.29) is 47.4 Å². The van der Waals surface area contributed by atoms with Gasteiger partial charge in [-0.25, -0.2) is 27.5 Å². The summed E-state index contributed by atoms with van der Waals surface area (Å²) in [5.74, 6) is 0.646. The van der Waals surface area contributed by atoms with Crippen LogP contribution in [0.15, 0.2) is 303 Å². The summed E-state index contributed by atoms with van der Waals surface area (Å²) in [6.07, 6.45) is 11.1. The second-order valence-corrected chi connectivity index (χ2v) is 39.3. The number of rotatable bonds is 37. The molecule has 4 atom stereocenters. The lowest BCUT2D eigenvalue weighted by Crippen LogP contribution is -2.25. The lowest BCUT2D eigenvalue weighted by Gasteiger charge is -2.21. The van der Waals surface area contributed by atoms with E-state index in [1.165, 1.54) is 91.3 Å². The highest BCUT2D eigenvalue weighted by Gasteiger charge is 2.31. The second-order valence-electron chi connectivity index (χ2n) is 39.3. The summed E-state index contributed by atoms with van der Waals surface area (Å²) in [5.41, 5.74) is 50.0. The highest BCUT2D eigenvalue weighted by Crippen LogP contribution is 2.38. The maximum absolute atomic E-state index is 15.0. The summed E-state index contributed by atoms with van der Waals surface area (Å²) >= 11 is 0. The van der Waals surface area contributed by atoms with Gasteiger partial charge in [-0.05, 0) is 350 Å². The molecule has 16 N–H and O–H groups in total. The number of amides is 4. The Morgan fingerprint density at radius 2 is 0.551 bits per heavy atom. The van der Waals surface area contributed by atoms with Gasteiger partial charge < -0.3 is 65.5 Å². The molecule has 4 saturated carbocycles. The predicted molar refractivity (Wildman–Crippen MR) is 582 cm³/mol. The van der Waals surface area contributed by atoms with Crippen LogP contribution >= 0.6 is 0 Å². The van der Waals surface area contributed by atoms with Gasteiger partial charge in [0.25, 0.3) is 23.6 Å². The lowest BCUT2D eigenvalue weighted by atomic mass is 9.96. The quantitative estimate of drug-likeness (QED) is 0.0172. The van der Waals surface area contributed by atoms with Crippen LogP contribution in [0, 0.1) is 83.8 Å². The van der Waals surface area contributed by atoms with Crippen molar-refractivity contribution in [1.29, 1.82) is 0 Å². The molecule has 24 nitrogen and oxygen atoms in total. The minimum Gasteiger partial charge on any atom is -0.326 e. The molecule has 4 aliphatic rings. The number of nitrogens with one attached hydrogen (secondary N) is 8. The molecule has 4 aliphatic carbocycles. The largest absolute Gasteiger partial charge is 0.326 e. The van der Waals surface area contributed by atoms with Crippen LogP contribution < -0.4 is 65.5 Å². The van der Waals surface area contributed by atoms with Crippen molar-refractivity contribution in [3.05, 3.63) is 450 Å². The van der Waals surface area contributed by atoms with Crippen molar-refractivity contribution in [1.82, 2.24) is 60.4 Å². The first kappa shape index (κ1) is 103. The third-order valence-electron chi connectivity index (χ3n) is 27.0. The third-order valence-corrected chi connectivity index (χ3v) is 27.0. The zero-order chi connectivity index (χ0) is 103. The van der Waals surface area contributed by atoms with Gasteiger partial charge in [0.2, 0.25) is 0 Å². The number of nitrogens with two attached hydrogens (primary N) is 4. The summed E-state index contributed by atoms with van der Waals surface area (Å²) in [4.78, 5) is 53.5. The summed E-state index contributed by atoms with van der Waals surface area (Å²) in [6, 6.07) is 97.8. The topological polar surface area (TPSA) is 340 Å². The number of aryl methyl sites for hydroxylation is 8. The van der Waals surface area contributed by atoms with Crippen LogP contribution in [0.2, 0.25) is 0 Å². The molecule has 0 spiro atoms. The molecule has 4 unspecified atom stereocenters. The van der Waals surface area contributed by atoms with Gasteiger partial charge in [-0.15, -0.1) is 0 Å². The van der Waals surface area contributed by atoms with Crippen molar-refractivity contribution in [3.63, 3.8) is 0 Å². The summed E-state index contributed by atoms with van der Waals surface area (Å²) in [7, 11) is 0. The molecule has 147 heavy (non-hydrogen) atoms. The lowest BCUT2D eigenvalue weighted by molar-refractivity contribution is 0.101. The first-order valence-electron chi connectivity index (χ1n) is 51.1. The van der Waals surface area contributed by atoms with Crippen LogP contribution in [0.4, 0.5) is 31.5 Å². The normalized spacial score (nSPS) is 13.9. The average Bonchev–Trinajstić information content (AvgIpc) is 1.30. The maximum Gasteiger partial charge on any atom is 0.274 e. The minimum absolute atomic E-state index is 0.0640. The highest BCUT2D eigenvalue weighted by molar-refractivity contribution is 6.06. The van der Waals surface area contributed by atoms with Gasteiger partial charge in [-0.3, -0.25) is 19.2 Å². The Balaban J connectivity index is 0.000000134. The Hall–Kier alpha value is -15.1. The number of benzene rings is 12. The van der Waals surface area contributed by atoms with E-state index in [4.69, 9.17) is 22.9 Å². The fraction of sp³-hybridized carbons (Fsp3) is 0.273. The number of nitrogens with zero attached hydrogens (tertiary/aromatic N) is 8. The van der Waals surface area contributed by atoms with Crippen molar-refractivity contribution >= 4 is 46.4 Å². The van der Waals surface area contributed by atoms with Crippen molar-refractivity contribution < 1.29 is 28.0 Å². The first-order chi connectivity index (χ1) is 71.3. The smallest absolute Gasteiger partial charge is 0.274 e. The molecule has 754 valence electrons. The molecule has 0 radical (unpaired) electrons. The number of halogens is 2. The van der Waals surface area contributed by atoms with Crippen LogP contribution in [0.25, 0.3) is 22.7 Å². The van der Waals surface area contributed by atoms with Crippen LogP contribution in [0.5, 0.6) is 0 Å². The monoisotopic (exact) mass is 1970 g/mol. The molecule has 4 aromatic heterocycles. The number of carbonyl (C=O) groups excluding carboxylic acids is 4. The Morgan fingerprint density at radius 1 is 0.286 bits per heavy atom. The number of carbonyl (C=O) groups is 4. The Bertz CT molecular complexity index is 7290. The zero-order valence-electron chi connectivity index (χ0n) is 84.8. The number of anilines is 4. The van der Waals surface area contributed by atoms with E-state index >= 15 is 0 Å². The zero-order valence-corrected chi connectivity index (χ0v) is 84.8. The van der Waals surface area contributed by atoms with Gasteiger partial charge in [0.05, 0.1) is 81.1 Å². The van der Waals surface area contributed by atoms with Gasteiger partial charge >= 0.3 is 0 Å². The number of hydrogen-bond donors (Lipinski definition) is 12. The van der Waals surface area contributed by atoms with Crippen molar-refractivity contribution in [2.45, 2.75) is 164 Å². The van der Waals surface area contributed by atoms with Crippen LogP contribution in [-0.2, 0) is 32.6 Å². The van der Waals surface area contributed by atoms with E-state index in [2.05, 4.69) is 206 Å². The maximum atomic E-state index is 15.0. The van der Waals surface area contributed by atoms with Crippen LogP contribution in [-0.4, -0.2) is 88.9 Å². The minimum atomic E-state index is -0.491. The fourth-order valence-electron chi connectivity index (χ4n) is 18.2. The summed E-state index contributed by atoms with van der Waals surface area (Å²) < 4.78 is 36.4. The molecule has 16 aromatic rings. The molecule has 4 amide bonds. The molecular formula is C121H132F2N20O4. The van der Waals surface area contributed by atoms with Crippen molar-refractivity contribution in [2.75, 3.05) is 47.4 Å². The van der Waals surface area contributed by atoms with E-state index in [0.717, 1.165) is 151 Å². The molecule has 4 heterocycles. The van der Waals surface area contributed by atoms with E-state index in [9.17, 15) is 28.0 Å². The van der Waals surface area contributed by atoms with Crippen LogP contribution in [0.1, 0.15) is 236 Å². The molecule has 26 heteroatoms. The van der Waals surface area contributed by atoms with E-state index in [1.54, 1.807) is 67.3 Å².